The third-order valence-electron chi connectivity index (χ3n) is 3.61. The van der Waals surface area contributed by atoms with Crippen LogP contribution in [-0.4, -0.2) is 39.2 Å². The fourth-order valence-corrected chi connectivity index (χ4v) is 1.88. The quantitative estimate of drug-likeness (QED) is 0.490. The van der Waals surface area contributed by atoms with Crippen LogP contribution in [0.5, 0.6) is 11.5 Å². The van der Waals surface area contributed by atoms with Crippen LogP contribution in [0.4, 0.5) is 0 Å². The number of guanidine groups is 1. The van der Waals surface area contributed by atoms with Crippen LogP contribution < -0.4 is 25.8 Å². The summed E-state index contributed by atoms with van der Waals surface area (Å²) in [7, 11) is 3.22. The van der Waals surface area contributed by atoms with E-state index in [-0.39, 0.29) is 5.91 Å². The number of carbonyl (C=O) groups excluding carboxylic acids is 1. The first-order valence-corrected chi connectivity index (χ1v) is 7.87. The van der Waals surface area contributed by atoms with Gasteiger partial charge in [0.2, 0.25) is 5.91 Å². The van der Waals surface area contributed by atoms with Gasteiger partial charge in [-0.2, -0.15) is 0 Å². The second-order valence-electron chi connectivity index (χ2n) is 5.97. The number of amides is 1. The molecule has 7 nitrogen and oxygen atoms in total. The van der Waals surface area contributed by atoms with Crippen molar-refractivity contribution in [1.29, 1.82) is 0 Å². The first-order valence-electron chi connectivity index (χ1n) is 7.87. The Balaban J connectivity index is 2.84. The van der Waals surface area contributed by atoms with Gasteiger partial charge in [-0.05, 0) is 32.9 Å². The zero-order chi connectivity index (χ0) is 18.2. The van der Waals surface area contributed by atoms with Crippen molar-refractivity contribution in [3.63, 3.8) is 0 Å². The molecule has 24 heavy (non-hydrogen) atoms. The van der Waals surface area contributed by atoms with Crippen LogP contribution in [0.15, 0.2) is 23.2 Å². The molecule has 0 unspecified atom stereocenters. The van der Waals surface area contributed by atoms with Crippen molar-refractivity contribution in [2.75, 3.05) is 27.3 Å². The number of primary amides is 1. The molecule has 7 heteroatoms. The largest absolute Gasteiger partial charge is 0.497 e. The molecule has 0 aliphatic rings. The molecule has 0 saturated carbocycles. The molecule has 0 heterocycles. The molecule has 0 bridgehead atoms. The van der Waals surface area contributed by atoms with Crippen molar-refractivity contribution >= 4 is 11.9 Å². The summed E-state index contributed by atoms with van der Waals surface area (Å²) in [5, 5.41) is 6.29. The molecule has 1 rings (SSSR count). The van der Waals surface area contributed by atoms with Crippen LogP contribution in [0.25, 0.3) is 0 Å². The van der Waals surface area contributed by atoms with Crippen molar-refractivity contribution in [2.24, 2.45) is 16.1 Å². The highest BCUT2D eigenvalue weighted by molar-refractivity contribution is 5.83. The molecule has 0 spiro atoms. The molecule has 0 atom stereocenters. The predicted octanol–water partition coefficient (Wildman–Crippen LogP) is 1.27. The van der Waals surface area contributed by atoms with Crippen LogP contribution in [0.2, 0.25) is 0 Å². The molecule has 0 fully saturated rings. The maximum Gasteiger partial charge on any atom is 0.224 e. The first kappa shape index (κ1) is 19.6. The number of nitrogens with two attached hydrogens (primary N) is 1. The third kappa shape index (κ3) is 5.64. The summed E-state index contributed by atoms with van der Waals surface area (Å²) in [4.78, 5) is 15.9. The Labute approximate surface area is 143 Å². The van der Waals surface area contributed by atoms with Gasteiger partial charge in [0.25, 0.3) is 0 Å². The molecular formula is C17H28N4O3. The van der Waals surface area contributed by atoms with Crippen molar-refractivity contribution in [1.82, 2.24) is 10.6 Å². The van der Waals surface area contributed by atoms with E-state index in [1.54, 1.807) is 28.1 Å². The first-order chi connectivity index (χ1) is 11.3. The lowest BCUT2D eigenvalue weighted by Crippen LogP contribution is -2.46. The topological polar surface area (TPSA) is 98.0 Å². The van der Waals surface area contributed by atoms with E-state index in [4.69, 9.17) is 15.2 Å². The summed E-state index contributed by atoms with van der Waals surface area (Å²) in [5.41, 5.74) is 5.67. The molecular weight excluding hydrogens is 308 g/mol. The second-order valence-corrected chi connectivity index (χ2v) is 5.97. The zero-order valence-electron chi connectivity index (χ0n) is 15.1. The Bertz CT molecular complexity index is 585. The van der Waals surface area contributed by atoms with Crippen LogP contribution in [0.3, 0.4) is 0 Å². The van der Waals surface area contributed by atoms with Gasteiger partial charge in [0.1, 0.15) is 11.5 Å². The van der Waals surface area contributed by atoms with Gasteiger partial charge in [0, 0.05) is 24.7 Å². The summed E-state index contributed by atoms with van der Waals surface area (Å²) in [6, 6.07) is 5.60. The molecule has 0 aliphatic heterocycles. The highest BCUT2D eigenvalue weighted by Crippen LogP contribution is 2.25. The summed E-state index contributed by atoms with van der Waals surface area (Å²) in [5.74, 6) is 1.70. The van der Waals surface area contributed by atoms with E-state index in [1.165, 1.54) is 0 Å². The van der Waals surface area contributed by atoms with Crippen LogP contribution >= 0.6 is 0 Å². The lowest BCUT2D eigenvalue weighted by atomic mass is 9.93. The minimum absolute atomic E-state index is 0.359. The number of aliphatic imine (C=N–C) groups is 1. The van der Waals surface area contributed by atoms with Gasteiger partial charge in [0.15, 0.2) is 5.96 Å². The van der Waals surface area contributed by atoms with Gasteiger partial charge in [-0.3, -0.25) is 4.79 Å². The molecule has 134 valence electrons. The van der Waals surface area contributed by atoms with E-state index in [0.717, 1.165) is 11.3 Å². The molecule has 1 aromatic rings. The number of ether oxygens (including phenoxy) is 2. The molecule has 1 aromatic carbocycles. The Morgan fingerprint density at radius 3 is 2.50 bits per heavy atom. The van der Waals surface area contributed by atoms with Crippen LogP contribution in [0, 0.1) is 5.41 Å². The van der Waals surface area contributed by atoms with Gasteiger partial charge < -0.3 is 25.8 Å². The van der Waals surface area contributed by atoms with E-state index in [2.05, 4.69) is 15.6 Å². The minimum atomic E-state index is -0.659. The Kier molecular flexibility index (Phi) is 7.35. The van der Waals surface area contributed by atoms with E-state index >= 15 is 0 Å². The third-order valence-corrected chi connectivity index (χ3v) is 3.61. The summed E-state index contributed by atoms with van der Waals surface area (Å²) >= 11 is 0. The van der Waals surface area contributed by atoms with Gasteiger partial charge in [0.05, 0.1) is 26.2 Å². The number of rotatable bonds is 8. The van der Waals surface area contributed by atoms with Crippen molar-refractivity contribution in [3.05, 3.63) is 23.8 Å². The summed E-state index contributed by atoms with van der Waals surface area (Å²) < 4.78 is 10.6. The van der Waals surface area contributed by atoms with E-state index in [0.29, 0.717) is 31.3 Å². The summed E-state index contributed by atoms with van der Waals surface area (Å²) in [6.45, 7) is 7.09. The lowest BCUT2D eigenvalue weighted by molar-refractivity contribution is -0.125. The van der Waals surface area contributed by atoms with Crippen molar-refractivity contribution in [3.8, 4) is 11.5 Å². The average Bonchev–Trinajstić information content (AvgIpc) is 2.57. The number of carbonyl (C=O) groups is 1. The highest BCUT2D eigenvalue weighted by atomic mass is 16.5. The number of nitrogens with one attached hydrogen (secondary N) is 2. The van der Waals surface area contributed by atoms with E-state index in [9.17, 15) is 4.79 Å². The maximum absolute atomic E-state index is 11.4. The fourth-order valence-electron chi connectivity index (χ4n) is 1.88. The SMILES string of the molecule is CCNC(=NCc1ccc(OC)cc1OC)NCC(C)(C)C(N)=O. The van der Waals surface area contributed by atoms with Crippen molar-refractivity contribution < 1.29 is 14.3 Å². The molecule has 1 amide bonds. The Hall–Kier alpha value is -2.44. The molecule has 0 radical (unpaired) electrons. The second kappa shape index (κ2) is 9.00. The maximum atomic E-state index is 11.4. The van der Waals surface area contributed by atoms with E-state index < -0.39 is 5.41 Å². The number of methoxy groups -OCH3 is 2. The van der Waals surface area contributed by atoms with Gasteiger partial charge in [-0.15, -0.1) is 0 Å². The van der Waals surface area contributed by atoms with E-state index in [1.807, 2.05) is 25.1 Å². The normalized spacial score (nSPS) is 11.8. The monoisotopic (exact) mass is 336 g/mol. The highest BCUT2D eigenvalue weighted by Gasteiger charge is 2.24. The molecule has 4 N–H and O–H groups in total. The molecule has 0 aliphatic carbocycles. The Morgan fingerprint density at radius 1 is 1.25 bits per heavy atom. The van der Waals surface area contributed by atoms with Crippen LogP contribution in [0.1, 0.15) is 26.3 Å². The van der Waals surface area contributed by atoms with Gasteiger partial charge >= 0.3 is 0 Å². The van der Waals surface area contributed by atoms with Crippen molar-refractivity contribution in [2.45, 2.75) is 27.3 Å². The standard InChI is InChI=1S/C17H28N4O3/c1-6-19-16(21-11-17(2,3)15(18)22)20-10-12-7-8-13(23-4)9-14(12)24-5/h7-9H,6,10-11H2,1-5H3,(H2,18,22)(H2,19,20,21). The lowest BCUT2D eigenvalue weighted by Gasteiger charge is -2.22. The number of nitrogens with zero attached hydrogens (tertiary/aromatic N) is 1. The molecule has 0 saturated heterocycles. The Morgan fingerprint density at radius 2 is 1.96 bits per heavy atom. The number of benzene rings is 1. The number of hydrogen-bond donors (Lipinski definition) is 3. The molecule has 0 aromatic heterocycles. The average molecular weight is 336 g/mol. The predicted molar refractivity (Wildman–Crippen MR) is 95.3 cm³/mol. The number of hydrogen-bond acceptors (Lipinski definition) is 4. The van der Waals surface area contributed by atoms with Gasteiger partial charge in [-0.25, -0.2) is 4.99 Å². The smallest absolute Gasteiger partial charge is 0.224 e. The van der Waals surface area contributed by atoms with Crippen LogP contribution in [-0.2, 0) is 11.3 Å². The minimum Gasteiger partial charge on any atom is -0.497 e. The van der Waals surface area contributed by atoms with Gasteiger partial charge in [-0.1, -0.05) is 0 Å². The fraction of sp³-hybridized carbons (Fsp3) is 0.529. The summed E-state index contributed by atoms with van der Waals surface area (Å²) in [6.07, 6.45) is 0. The zero-order valence-corrected chi connectivity index (χ0v) is 15.1.